The van der Waals surface area contributed by atoms with Crippen LogP contribution in [0.3, 0.4) is 0 Å². The predicted octanol–water partition coefficient (Wildman–Crippen LogP) is 0.960. The van der Waals surface area contributed by atoms with Gasteiger partial charge in [-0.05, 0) is 49.1 Å². The topological polar surface area (TPSA) is 59.2 Å². The van der Waals surface area contributed by atoms with Crippen LogP contribution in [0.4, 0.5) is 0 Å². The summed E-state index contributed by atoms with van der Waals surface area (Å²) in [5.41, 5.74) is 1.99. The highest BCUT2D eigenvalue weighted by Gasteiger charge is 2.09. The number of thiazole rings is 1. The first-order valence-corrected chi connectivity index (χ1v) is 7.62. The second kappa shape index (κ2) is 5.69. The van der Waals surface area contributed by atoms with Crippen LogP contribution in [-0.2, 0) is 11.2 Å². The lowest BCUT2D eigenvalue weighted by molar-refractivity contribution is -0.111. The lowest BCUT2D eigenvalue weighted by Gasteiger charge is -2.17. The molecule has 4 nitrogen and oxygen atoms in total. The fourth-order valence-corrected chi connectivity index (χ4v) is 3.27. The SMILES string of the molecule is CC(=O)/C=c1\[nH]c(=O)/c(=C/c2ccc3c(c2)CCCO3)s1. The first-order chi connectivity index (χ1) is 10.1. The van der Waals surface area contributed by atoms with Crippen LogP contribution < -0.4 is 19.5 Å². The van der Waals surface area contributed by atoms with E-state index in [-0.39, 0.29) is 11.3 Å². The third-order valence-electron chi connectivity index (χ3n) is 3.25. The Hall–Kier alpha value is -2.14. The number of carbonyl (C=O) groups is 1. The monoisotopic (exact) mass is 301 g/mol. The molecule has 0 radical (unpaired) electrons. The Balaban J connectivity index is 2.04. The van der Waals surface area contributed by atoms with Crippen LogP contribution in [0.25, 0.3) is 12.2 Å². The molecular formula is C16H15NO3S. The molecule has 1 aromatic carbocycles. The smallest absolute Gasteiger partial charge is 0.266 e. The van der Waals surface area contributed by atoms with Crippen LogP contribution in [0.1, 0.15) is 24.5 Å². The van der Waals surface area contributed by atoms with Gasteiger partial charge in [0.1, 0.15) is 5.75 Å². The Morgan fingerprint density at radius 1 is 1.43 bits per heavy atom. The Morgan fingerprint density at radius 3 is 3.10 bits per heavy atom. The number of aromatic nitrogens is 1. The molecule has 3 rings (SSSR count). The molecule has 0 amide bonds. The second-order valence-corrected chi connectivity index (χ2v) is 6.09. The summed E-state index contributed by atoms with van der Waals surface area (Å²) in [5.74, 6) is 0.856. The third kappa shape index (κ3) is 3.13. The van der Waals surface area contributed by atoms with E-state index < -0.39 is 0 Å². The van der Waals surface area contributed by atoms with Crippen molar-refractivity contribution >= 4 is 29.3 Å². The van der Waals surface area contributed by atoms with Crippen LogP contribution in [0.2, 0.25) is 0 Å². The number of hydrogen-bond acceptors (Lipinski definition) is 4. The molecule has 5 heteroatoms. The molecule has 1 aliphatic rings. The van der Waals surface area contributed by atoms with Crippen molar-refractivity contribution in [2.24, 2.45) is 0 Å². The molecule has 108 valence electrons. The summed E-state index contributed by atoms with van der Waals surface area (Å²) >= 11 is 1.29. The average Bonchev–Trinajstić information content (AvgIpc) is 2.77. The van der Waals surface area contributed by atoms with E-state index in [1.165, 1.54) is 29.9 Å². The lowest BCUT2D eigenvalue weighted by Crippen LogP contribution is -2.20. The summed E-state index contributed by atoms with van der Waals surface area (Å²) in [7, 11) is 0. The Labute approximate surface area is 125 Å². The van der Waals surface area contributed by atoms with Crippen molar-refractivity contribution in [2.45, 2.75) is 19.8 Å². The van der Waals surface area contributed by atoms with Gasteiger partial charge < -0.3 is 9.72 Å². The molecule has 0 bridgehead atoms. The normalized spacial score (nSPS) is 15.7. The Morgan fingerprint density at radius 2 is 2.29 bits per heavy atom. The number of nitrogens with one attached hydrogen (secondary N) is 1. The molecule has 1 aliphatic heterocycles. The highest BCUT2D eigenvalue weighted by Crippen LogP contribution is 2.25. The summed E-state index contributed by atoms with van der Waals surface area (Å²) in [6.07, 6.45) is 5.30. The van der Waals surface area contributed by atoms with E-state index in [1.54, 1.807) is 0 Å². The standard InChI is InChI=1S/C16H15NO3S/c1-10(18)7-15-17-16(19)14(21-15)9-11-4-5-13-12(8-11)3-2-6-20-13/h4-5,7-9H,2-3,6H2,1H3,(H,17,19)/b14-9-,15-7+. The maximum absolute atomic E-state index is 11.9. The number of aromatic amines is 1. The zero-order valence-electron chi connectivity index (χ0n) is 11.6. The molecule has 0 unspecified atom stereocenters. The van der Waals surface area contributed by atoms with Crippen molar-refractivity contribution in [3.8, 4) is 5.75 Å². The van der Waals surface area contributed by atoms with Crippen molar-refractivity contribution in [2.75, 3.05) is 6.61 Å². The van der Waals surface area contributed by atoms with Crippen LogP contribution in [-0.4, -0.2) is 17.4 Å². The third-order valence-corrected chi connectivity index (χ3v) is 4.21. The number of benzene rings is 1. The van der Waals surface area contributed by atoms with Crippen molar-refractivity contribution in [3.63, 3.8) is 0 Å². The van der Waals surface area contributed by atoms with Gasteiger partial charge >= 0.3 is 0 Å². The van der Waals surface area contributed by atoms with Crippen LogP contribution in [0.5, 0.6) is 5.75 Å². The summed E-state index contributed by atoms with van der Waals surface area (Å²) in [4.78, 5) is 25.6. The molecule has 0 aliphatic carbocycles. The van der Waals surface area contributed by atoms with Gasteiger partial charge in [-0.3, -0.25) is 9.59 Å². The minimum absolute atomic E-state index is 0.0787. The molecule has 0 saturated heterocycles. The molecule has 1 aromatic heterocycles. The van der Waals surface area contributed by atoms with Crippen LogP contribution >= 0.6 is 11.3 Å². The number of aryl methyl sites for hydroxylation is 1. The van der Waals surface area contributed by atoms with Crippen LogP contribution in [0.15, 0.2) is 23.0 Å². The first kappa shape index (κ1) is 13.8. The van der Waals surface area contributed by atoms with Gasteiger partial charge in [0.25, 0.3) is 5.56 Å². The molecule has 0 fully saturated rings. The Kier molecular flexibility index (Phi) is 3.75. The van der Waals surface area contributed by atoms with E-state index in [4.69, 9.17) is 4.74 Å². The summed E-state index contributed by atoms with van der Waals surface area (Å²) in [6.45, 7) is 2.23. The molecule has 2 aromatic rings. The number of ether oxygens (including phenoxy) is 1. The number of H-pyrrole nitrogens is 1. The van der Waals surface area contributed by atoms with E-state index in [9.17, 15) is 9.59 Å². The number of fused-ring (bicyclic) bond motifs is 1. The van der Waals surface area contributed by atoms with Gasteiger partial charge in [0.2, 0.25) is 0 Å². The minimum atomic E-state index is -0.165. The van der Waals surface area contributed by atoms with E-state index in [1.807, 2.05) is 18.2 Å². The predicted molar refractivity (Wildman–Crippen MR) is 83.2 cm³/mol. The molecule has 21 heavy (non-hydrogen) atoms. The maximum Gasteiger partial charge on any atom is 0.266 e. The van der Waals surface area contributed by atoms with Gasteiger partial charge in [-0.25, -0.2) is 0 Å². The largest absolute Gasteiger partial charge is 0.493 e. The van der Waals surface area contributed by atoms with Crippen molar-refractivity contribution in [1.29, 1.82) is 0 Å². The van der Waals surface area contributed by atoms with Gasteiger partial charge in [0.05, 0.1) is 15.8 Å². The van der Waals surface area contributed by atoms with E-state index in [2.05, 4.69) is 11.1 Å². The van der Waals surface area contributed by atoms with Crippen molar-refractivity contribution in [3.05, 3.63) is 48.9 Å². The molecule has 0 atom stereocenters. The summed E-state index contributed by atoms with van der Waals surface area (Å²) < 4.78 is 6.76. The summed E-state index contributed by atoms with van der Waals surface area (Å²) in [5, 5.41) is 0. The Bertz CT molecular complexity index is 860. The number of rotatable bonds is 2. The molecule has 0 saturated carbocycles. The maximum atomic E-state index is 11.9. The van der Waals surface area contributed by atoms with Gasteiger partial charge in [-0.2, -0.15) is 0 Å². The minimum Gasteiger partial charge on any atom is -0.493 e. The fourth-order valence-electron chi connectivity index (χ4n) is 2.33. The number of ketones is 1. The van der Waals surface area contributed by atoms with Crippen LogP contribution in [0, 0.1) is 0 Å². The highest BCUT2D eigenvalue weighted by atomic mass is 32.1. The quantitative estimate of drug-likeness (QED) is 0.899. The van der Waals surface area contributed by atoms with Gasteiger partial charge in [-0.15, -0.1) is 11.3 Å². The number of hydrogen-bond donors (Lipinski definition) is 1. The molecular weight excluding hydrogens is 286 g/mol. The van der Waals surface area contributed by atoms with Crippen molar-refractivity contribution in [1.82, 2.24) is 4.98 Å². The number of carbonyl (C=O) groups excluding carboxylic acids is 1. The first-order valence-electron chi connectivity index (χ1n) is 6.81. The van der Waals surface area contributed by atoms with Crippen molar-refractivity contribution < 1.29 is 9.53 Å². The molecule has 0 spiro atoms. The van der Waals surface area contributed by atoms with Gasteiger partial charge in [0.15, 0.2) is 5.78 Å². The molecule has 2 heterocycles. The lowest BCUT2D eigenvalue weighted by atomic mass is 10.0. The fraction of sp³-hybridized carbons (Fsp3) is 0.250. The molecule has 1 N–H and O–H groups in total. The zero-order valence-corrected chi connectivity index (χ0v) is 12.5. The van der Waals surface area contributed by atoms with Gasteiger partial charge in [-0.1, -0.05) is 6.07 Å². The van der Waals surface area contributed by atoms with E-state index in [0.717, 1.165) is 30.8 Å². The zero-order chi connectivity index (χ0) is 14.8. The second-order valence-electron chi connectivity index (χ2n) is 5.00. The van der Waals surface area contributed by atoms with E-state index in [0.29, 0.717) is 9.20 Å². The highest BCUT2D eigenvalue weighted by molar-refractivity contribution is 7.07. The van der Waals surface area contributed by atoms with E-state index >= 15 is 0 Å². The summed E-state index contributed by atoms with van der Waals surface area (Å²) in [6, 6.07) is 5.95. The van der Waals surface area contributed by atoms with Gasteiger partial charge in [0, 0.05) is 6.08 Å². The number of Topliss-reactive ketones (excluding diaryl/α,β-unsaturated/α-hetero) is 1. The average molecular weight is 301 g/mol.